The summed E-state index contributed by atoms with van der Waals surface area (Å²) >= 11 is 0. The fourth-order valence-electron chi connectivity index (χ4n) is 4.20. The molecule has 0 saturated heterocycles. The average molecular weight is 542 g/mol. The first kappa shape index (κ1) is 27.7. The Morgan fingerprint density at radius 1 is 0.872 bits per heavy atom. The van der Waals surface area contributed by atoms with Gasteiger partial charge in [0, 0.05) is 12.7 Å². The van der Waals surface area contributed by atoms with Gasteiger partial charge in [0.15, 0.2) is 7.41 Å². The van der Waals surface area contributed by atoms with Crippen molar-refractivity contribution in [1.82, 2.24) is 10.3 Å². The molecule has 1 heterocycles. The zero-order chi connectivity index (χ0) is 27.3. The summed E-state index contributed by atoms with van der Waals surface area (Å²) in [5.41, 5.74) is 0.485. The second kappa shape index (κ2) is 14.0. The molecule has 9 heteroatoms. The third-order valence-corrected chi connectivity index (χ3v) is 9.58. The SMILES string of the molecule is CCOC(=O)C(CCCNC(=O)c1ccc[nH]1)N=N[N-][P+](c1ccccc1)(c1ccccc1)c1ccccc1. The predicted octanol–water partition coefficient (Wildman–Crippen LogP) is 5.11. The standard InChI is InChI=1S/C30H32N5O3P/c1-2-38-30(37)28(21-13-23-32-29(36)27-20-12-22-31-27)33-34-35-39(24-14-6-3-7-15-24,25-16-8-4-9-17-25)26-18-10-5-11-19-26/h3-12,14-20,22,28,31H,2,13,21,23H2,1H3,(H,32,36). The first-order chi connectivity index (χ1) is 19.1. The maximum atomic E-state index is 12.7. The van der Waals surface area contributed by atoms with E-state index in [1.165, 1.54) is 0 Å². The lowest BCUT2D eigenvalue weighted by molar-refractivity contribution is -0.144. The van der Waals surface area contributed by atoms with Crippen LogP contribution in [0.2, 0.25) is 0 Å². The van der Waals surface area contributed by atoms with E-state index in [1.54, 1.807) is 25.3 Å². The second-order valence-corrected chi connectivity index (χ2v) is 11.7. The lowest BCUT2D eigenvalue weighted by Gasteiger charge is -2.30. The third-order valence-electron chi connectivity index (χ3n) is 6.10. The summed E-state index contributed by atoms with van der Waals surface area (Å²) in [4.78, 5) is 27.8. The number of hydrogen-bond acceptors (Lipinski definition) is 5. The van der Waals surface area contributed by atoms with Crippen molar-refractivity contribution in [1.29, 1.82) is 0 Å². The highest BCUT2D eigenvalue weighted by Crippen LogP contribution is 2.61. The van der Waals surface area contributed by atoms with Crippen molar-refractivity contribution in [3.05, 3.63) is 120 Å². The quantitative estimate of drug-likeness (QED) is 0.0807. The largest absolute Gasteiger partial charge is 0.466 e. The lowest BCUT2D eigenvalue weighted by Crippen LogP contribution is -2.30. The lowest BCUT2D eigenvalue weighted by atomic mass is 10.1. The first-order valence-corrected chi connectivity index (χ1v) is 14.7. The molecule has 0 saturated carbocycles. The molecule has 200 valence electrons. The fourth-order valence-corrected chi connectivity index (χ4v) is 7.39. The number of ether oxygens (including phenoxy) is 1. The molecule has 8 nitrogen and oxygen atoms in total. The zero-order valence-electron chi connectivity index (χ0n) is 21.8. The summed E-state index contributed by atoms with van der Waals surface area (Å²) in [5.74, 6) is -0.664. The fraction of sp³-hybridized carbons (Fsp3) is 0.200. The van der Waals surface area contributed by atoms with Crippen LogP contribution in [0.1, 0.15) is 30.3 Å². The van der Waals surface area contributed by atoms with Crippen molar-refractivity contribution in [3.63, 3.8) is 0 Å². The van der Waals surface area contributed by atoms with Gasteiger partial charge in [0.05, 0.1) is 12.6 Å². The van der Waals surface area contributed by atoms with E-state index in [2.05, 4.69) is 57.0 Å². The summed E-state index contributed by atoms with van der Waals surface area (Å²) in [6.45, 7) is 2.37. The van der Waals surface area contributed by atoms with Crippen LogP contribution in [-0.4, -0.2) is 36.1 Å². The highest BCUT2D eigenvalue weighted by molar-refractivity contribution is 7.97. The van der Waals surface area contributed by atoms with Crippen LogP contribution in [0.4, 0.5) is 0 Å². The van der Waals surface area contributed by atoms with Crippen LogP contribution in [0.5, 0.6) is 0 Å². The number of H-pyrrole nitrogens is 1. The van der Waals surface area contributed by atoms with Gasteiger partial charge in [0.1, 0.15) is 21.6 Å². The normalized spacial score (nSPS) is 12.1. The molecule has 4 rings (SSSR count). The van der Waals surface area contributed by atoms with Crippen LogP contribution in [0, 0.1) is 0 Å². The van der Waals surface area contributed by atoms with Crippen molar-refractivity contribution in [3.8, 4) is 0 Å². The van der Waals surface area contributed by atoms with E-state index < -0.39 is 19.4 Å². The number of nitrogens with one attached hydrogen (secondary N) is 2. The maximum absolute atomic E-state index is 12.7. The van der Waals surface area contributed by atoms with Crippen molar-refractivity contribution < 1.29 is 14.3 Å². The molecular weight excluding hydrogens is 509 g/mol. The van der Waals surface area contributed by atoms with Crippen LogP contribution in [0.25, 0.3) is 5.20 Å². The van der Waals surface area contributed by atoms with E-state index in [0.717, 1.165) is 15.9 Å². The van der Waals surface area contributed by atoms with Crippen LogP contribution < -0.4 is 21.2 Å². The molecule has 2 N–H and O–H groups in total. The molecule has 0 radical (unpaired) electrons. The molecule has 1 aromatic heterocycles. The summed E-state index contributed by atoms with van der Waals surface area (Å²) in [5, 5.41) is 19.6. The number of rotatable bonds is 13. The Kier molecular flexibility index (Phi) is 9.98. The van der Waals surface area contributed by atoms with Gasteiger partial charge in [0.25, 0.3) is 5.91 Å². The maximum Gasteiger partial charge on any atom is 0.309 e. The monoisotopic (exact) mass is 541 g/mol. The van der Waals surface area contributed by atoms with Crippen molar-refractivity contribution in [2.75, 3.05) is 13.2 Å². The van der Waals surface area contributed by atoms with Crippen LogP contribution in [0.15, 0.2) is 120 Å². The Labute approximate surface area is 229 Å². The third kappa shape index (κ3) is 6.98. The number of amides is 1. The van der Waals surface area contributed by atoms with E-state index in [1.807, 2.05) is 54.6 Å². The number of esters is 1. The van der Waals surface area contributed by atoms with E-state index in [-0.39, 0.29) is 12.5 Å². The Hall–Kier alpha value is -4.29. The molecule has 3 aromatic carbocycles. The molecule has 1 unspecified atom stereocenters. The highest BCUT2D eigenvalue weighted by atomic mass is 31.2. The zero-order valence-corrected chi connectivity index (χ0v) is 22.7. The number of carbonyl (C=O) groups excluding carboxylic acids is 2. The van der Waals surface area contributed by atoms with Crippen LogP contribution in [-0.2, 0) is 9.53 Å². The molecule has 39 heavy (non-hydrogen) atoms. The smallest absolute Gasteiger partial charge is 0.309 e. The highest BCUT2D eigenvalue weighted by Gasteiger charge is 2.42. The number of carbonyl (C=O) groups is 2. The Morgan fingerprint density at radius 3 is 1.92 bits per heavy atom. The number of aromatic amines is 1. The summed E-state index contributed by atoms with van der Waals surface area (Å²) < 4.78 is 5.26. The topological polar surface area (TPSA) is 110 Å². The van der Waals surface area contributed by atoms with Gasteiger partial charge < -0.3 is 20.2 Å². The van der Waals surface area contributed by atoms with Crippen LogP contribution in [0.3, 0.4) is 0 Å². The van der Waals surface area contributed by atoms with Gasteiger partial charge in [0.2, 0.25) is 0 Å². The van der Waals surface area contributed by atoms with E-state index >= 15 is 0 Å². The Balaban J connectivity index is 1.57. The first-order valence-electron chi connectivity index (χ1n) is 12.9. The average Bonchev–Trinajstić information content (AvgIpc) is 3.53. The van der Waals surface area contributed by atoms with Gasteiger partial charge >= 0.3 is 5.97 Å². The summed E-state index contributed by atoms with van der Waals surface area (Å²) in [7, 11) is -2.58. The molecule has 0 spiro atoms. The van der Waals surface area contributed by atoms with Gasteiger partial charge in [-0.3, -0.25) is 9.59 Å². The predicted molar refractivity (Wildman–Crippen MR) is 156 cm³/mol. The van der Waals surface area contributed by atoms with Crippen molar-refractivity contribution in [2.24, 2.45) is 10.3 Å². The molecule has 0 aliphatic carbocycles. The molecule has 0 aliphatic rings. The number of aromatic nitrogens is 1. The number of benzene rings is 3. The van der Waals surface area contributed by atoms with Gasteiger partial charge in [-0.15, -0.1) is 0 Å². The van der Waals surface area contributed by atoms with Crippen LogP contribution >= 0.6 is 7.41 Å². The molecule has 1 amide bonds. The molecular formula is C30H32N5O3P. The van der Waals surface area contributed by atoms with Gasteiger partial charge in [-0.2, -0.15) is 0 Å². The molecule has 4 aromatic rings. The number of hydrogen-bond donors (Lipinski definition) is 2. The minimum Gasteiger partial charge on any atom is -0.466 e. The van der Waals surface area contributed by atoms with E-state index in [0.29, 0.717) is 25.1 Å². The molecule has 0 bridgehead atoms. The second-order valence-electron chi connectivity index (χ2n) is 8.69. The summed E-state index contributed by atoms with van der Waals surface area (Å²) in [6, 6.07) is 32.8. The van der Waals surface area contributed by atoms with E-state index in [4.69, 9.17) is 9.93 Å². The minimum atomic E-state index is -2.58. The summed E-state index contributed by atoms with van der Waals surface area (Å²) in [6.07, 6.45) is 2.57. The van der Waals surface area contributed by atoms with Gasteiger partial charge in [-0.05, 0) is 68.3 Å². The number of nitrogens with zero attached hydrogens (tertiary/aromatic N) is 3. The van der Waals surface area contributed by atoms with Crippen molar-refractivity contribution >= 4 is 35.2 Å². The Morgan fingerprint density at radius 2 is 1.44 bits per heavy atom. The molecule has 1 atom stereocenters. The molecule has 0 aliphatic heterocycles. The van der Waals surface area contributed by atoms with Crippen molar-refractivity contribution in [2.45, 2.75) is 25.8 Å². The minimum absolute atomic E-state index is 0.201. The van der Waals surface area contributed by atoms with E-state index in [9.17, 15) is 9.59 Å². The Bertz CT molecular complexity index is 1240. The van der Waals surface area contributed by atoms with Gasteiger partial charge in [-0.25, -0.2) is 10.4 Å². The van der Waals surface area contributed by atoms with Gasteiger partial charge in [-0.1, -0.05) is 54.6 Å². The molecule has 0 fully saturated rings.